The van der Waals surface area contributed by atoms with E-state index in [1.807, 2.05) is 0 Å². The van der Waals surface area contributed by atoms with Gasteiger partial charge in [0.05, 0.1) is 6.10 Å². The largest absolute Gasteiger partial charge is 0.381 e. The standard InChI is InChI=1S/C9H17NO2/c1-6-4-8(12-3)5-9(6)10-7(2)11/h6,8-9H,4-5H2,1-3H3,(H,10,11)/t6-,8-,9+/m1/s1. The minimum atomic E-state index is 0.0589. The first kappa shape index (κ1) is 9.52. The van der Waals surface area contributed by atoms with Crippen molar-refractivity contribution in [1.82, 2.24) is 5.32 Å². The van der Waals surface area contributed by atoms with Gasteiger partial charge >= 0.3 is 0 Å². The van der Waals surface area contributed by atoms with Crippen molar-refractivity contribution in [3.05, 3.63) is 0 Å². The first-order valence-electron chi connectivity index (χ1n) is 4.43. The van der Waals surface area contributed by atoms with Crippen LogP contribution in [-0.4, -0.2) is 25.2 Å². The summed E-state index contributed by atoms with van der Waals surface area (Å²) in [6, 6.07) is 0.312. The Balaban J connectivity index is 2.40. The van der Waals surface area contributed by atoms with Crippen LogP contribution in [0.2, 0.25) is 0 Å². The van der Waals surface area contributed by atoms with Crippen LogP contribution < -0.4 is 5.32 Å². The van der Waals surface area contributed by atoms with Crippen molar-refractivity contribution in [2.75, 3.05) is 7.11 Å². The summed E-state index contributed by atoms with van der Waals surface area (Å²) in [6.45, 7) is 3.71. The van der Waals surface area contributed by atoms with Crippen LogP contribution in [0.3, 0.4) is 0 Å². The summed E-state index contributed by atoms with van der Waals surface area (Å²) in [5.74, 6) is 0.599. The molecule has 0 radical (unpaired) electrons. The molecule has 1 amide bonds. The van der Waals surface area contributed by atoms with E-state index in [4.69, 9.17) is 4.74 Å². The molecule has 0 saturated heterocycles. The zero-order valence-electron chi connectivity index (χ0n) is 7.96. The van der Waals surface area contributed by atoms with E-state index in [1.54, 1.807) is 14.0 Å². The molecule has 3 heteroatoms. The molecule has 1 saturated carbocycles. The lowest BCUT2D eigenvalue weighted by molar-refractivity contribution is -0.119. The van der Waals surface area contributed by atoms with Crippen molar-refractivity contribution in [2.24, 2.45) is 5.92 Å². The number of carbonyl (C=O) groups is 1. The predicted octanol–water partition coefficient (Wildman–Crippen LogP) is 0.936. The van der Waals surface area contributed by atoms with Gasteiger partial charge in [0.15, 0.2) is 0 Å². The van der Waals surface area contributed by atoms with Crippen LogP contribution in [-0.2, 0) is 9.53 Å². The lowest BCUT2D eigenvalue weighted by atomic mass is 10.1. The van der Waals surface area contributed by atoms with Crippen molar-refractivity contribution < 1.29 is 9.53 Å². The fraction of sp³-hybridized carbons (Fsp3) is 0.889. The van der Waals surface area contributed by atoms with E-state index in [9.17, 15) is 4.79 Å². The second-order valence-electron chi connectivity index (χ2n) is 3.61. The molecule has 0 aromatic carbocycles. The minimum absolute atomic E-state index is 0.0589. The van der Waals surface area contributed by atoms with E-state index in [0.29, 0.717) is 18.1 Å². The first-order chi connectivity index (χ1) is 5.63. The van der Waals surface area contributed by atoms with Crippen LogP contribution in [0.1, 0.15) is 26.7 Å². The van der Waals surface area contributed by atoms with Gasteiger partial charge in [0.25, 0.3) is 0 Å². The number of ether oxygens (including phenoxy) is 1. The Bertz CT molecular complexity index is 170. The highest BCUT2D eigenvalue weighted by Crippen LogP contribution is 2.27. The second-order valence-corrected chi connectivity index (χ2v) is 3.61. The monoisotopic (exact) mass is 171 g/mol. The maximum Gasteiger partial charge on any atom is 0.217 e. The first-order valence-corrected chi connectivity index (χ1v) is 4.43. The van der Waals surface area contributed by atoms with Gasteiger partial charge in [-0.05, 0) is 18.8 Å². The molecule has 1 rings (SSSR count). The predicted molar refractivity (Wildman–Crippen MR) is 46.8 cm³/mol. The Labute approximate surface area is 73.5 Å². The van der Waals surface area contributed by atoms with Crippen LogP contribution in [0.25, 0.3) is 0 Å². The number of nitrogens with one attached hydrogen (secondary N) is 1. The maximum atomic E-state index is 10.8. The highest BCUT2D eigenvalue weighted by atomic mass is 16.5. The summed E-state index contributed by atoms with van der Waals surface area (Å²) < 4.78 is 5.24. The third-order valence-electron chi connectivity index (χ3n) is 2.56. The van der Waals surface area contributed by atoms with Crippen molar-refractivity contribution >= 4 is 5.91 Å². The summed E-state index contributed by atoms with van der Waals surface area (Å²) >= 11 is 0. The number of carbonyl (C=O) groups excluding carboxylic acids is 1. The number of rotatable bonds is 2. The summed E-state index contributed by atoms with van der Waals surface area (Å²) in [5.41, 5.74) is 0. The lowest BCUT2D eigenvalue weighted by Crippen LogP contribution is -2.35. The molecular formula is C9H17NO2. The zero-order valence-corrected chi connectivity index (χ0v) is 7.96. The Kier molecular flexibility index (Phi) is 3.09. The summed E-state index contributed by atoms with van der Waals surface area (Å²) in [6.07, 6.45) is 2.34. The molecule has 0 spiro atoms. The zero-order chi connectivity index (χ0) is 9.14. The molecular weight excluding hydrogens is 154 g/mol. The average Bonchev–Trinajstić information content (AvgIpc) is 2.31. The Hall–Kier alpha value is -0.570. The molecule has 0 bridgehead atoms. The van der Waals surface area contributed by atoms with E-state index in [2.05, 4.69) is 12.2 Å². The van der Waals surface area contributed by atoms with E-state index in [0.717, 1.165) is 12.8 Å². The number of hydrogen-bond acceptors (Lipinski definition) is 2. The molecule has 70 valence electrons. The van der Waals surface area contributed by atoms with Crippen LogP contribution in [0.5, 0.6) is 0 Å². The third-order valence-corrected chi connectivity index (χ3v) is 2.56. The molecule has 0 aromatic rings. The molecule has 0 heterocycles. The summed E-state index contributed by atoms with van der Waals surface area (Å²) in [4.78, 5) is 10.8. The van der Waals surface area contributed by atoms with Crippen molar-refractivity contribution in [2.45, 2.75) is 38.8 Å². The van der Waals surface area contributed by atoms with Gasteiger partial charge in [-0.2, -0.15) is 0 Å². The van der Waals surface area contributed by atoms with Gasteiger partial charge < -0.3 is 10.1 Å². The minimum Gasteiger partial charge on any atom is -0.381 e. The fourth-order valence-corrected chi connectivity index (χ4v) is 1.85. The molecule has 0 aliphatic heterocycles. The molecule has 3 atom stereocenters. The Morgan fingerprint density at radius 2 is 2.17 bits per heavy atom. The van der Waals surface area contributed by atoms with Crippen molar-refractivity contribution in [1.29, 1.82) is 0 Å². The SMILES string of the molecule is CO[C@@H]1C[C@@H](C)[C@@H](NC(C)=O)C1. The quantitative estimate of drug-likeness (QED) is 0.671. The van der Waals surface area contributed by atoms with Gasteiger partial charge in [0.1, 0.15) is 0 Å². The smallest absolute Gasteiger partial charge is 0.217 e. The highest BCUT2D eigenvalue weighted by Gasteiger charge is 2.31. The van der Waals surface area contributed by atoms with Crippen LogP contribution in [0.4, 0.5) is 0 Å². The van der Waals surface area contributed by atoms with E-state index < -0.39 is 0 Å². The number of hydrogen-bond donors (Lipinski definition) is 1. The van der Waals surface area contributed by atoms with Crippen LogP contribution >= 0.6 is 0 Å². The summed E-state index contributed by atoms with van der Waals surface area (Å²) in [7, 11) is 1.73. The molecule has 1 aliphatic rings. The van der Waals surface area contributed by atoms with Gasteiger partial charge in [-0.1, -0.05) is 6.92 Å². The van der Waals surface area contributed by atoms with E-state index in [1.165, 1.54) is 0 Å². The van der Waals surface area contributed by atoms with Crippen LogP contribution in [0.15, 0.2) is 0 Å². The maximum absolute atomic E-state index is 10.8. The van der Waals surface area contributed by atoms with Crippen molar-refractivity contribution in [3.8, 4) is 0 Å². The van der Waals surface area contributed by atoms with E-state index >= 15 is 0 Å². The second kappa shape index (κ2) is 3.90. The van der Waals surface area contributed by atoms with Gasteiger partial charge in [-0.3, -0.25) is 4.79 Å². The molecule has 1 fully saturated rings. The summed E-state index contributed by atoms with van der Waals surface area (Å²) in [5, 5.41) is 2.94. The lowest BCUT2D eigenvalue weighted by Gasteiger charge is -2.14. The normalized spacial score (nSPS) is 35.1. The topological polar surface area (TPSA) is 38.3 Å². The molecule has 12 heavy (non-hydrogen) atoms. The third kappa shape index (κ3) is 2.21. The molecule has 3 nitrogen and oxygen atoms in total. The molecule has 0 unspecified atom stereocenters. The van der Waals surface area contributed by atoms with Gasteiger partial charge in [0, 0.05) is 20.1 Å². The van der Waals surface area contributed by atoms with Gasteiger partial charge in [-0.25, -0.2) is 0 Å². The van der Waals surface area contributed by atoms with Crippen LogP contribution in [0, 0.1) is 5.92 Å². The van der Waals surface area contributed by atoms with Crippen molar-refractivity contribution in [3.63, 3.8) is 0 Å². The number of methoxy groups -OCH3 is 1. The molecule has 1 N–H and O–H groups in total. The Morgan fingerprint density at radius 3 is 2.58 bits per heavy atom. The average molecular weight is 171 g/mol. The Morgan fingerprint density at radius 1 is 1.50 bits per heavy atom. The molecule has 0 aromatic heterocycles. The van der Waals surface area contributed by atoms with Gasteiger partial charge in [0.2, 0.25) is 5.91 Å². The van der Waals surface area contributed by atoms with E-state index in [-0.39, 0.29) is 5.91 Å². The number of amides is 1. The molecule has 1 aliphatic carbocycles. The highest BCUT2D eigenvalue weighted by molar-refractivity contribution is 5.73. The van der Waals surface area contributed by atoms with Gasteiger partial charge in [-0.15, -0.1) is 0 Å². The fourth-order valence-electron chi connectivity index (χ4n) is 1.85.